The Labute approximate surface area is 104 Å². The largest absolute Gasteiger partial charge is 0.369 e. The summed E-state index contributed by atoms with van der Waals surface area (Å²) in [4.78, 5) is 16.2. The zero-order valence-corrected chi connectivity index (χ0v) is 11.5. The van der Waals surface area contributed by atoms with Crippen LogP contribution in [0.4, 0.5) is 0 Å². The van der Waals surface area contributed by atoms with Gasteiger partial charge in [0, 0.05) is 53.4 Å². The molecule has 5 heteroatoms. The molecule has 1 N–H and O–H groups in total. The van der Waals surface area contributed by atoms with Gasteiger partial charge < -0.3 is 15.0 Å². The molecule has 0 bridgehead atoms. The van der Waals surface area contributed by atoms with Gasteiger partial charge >= 0.3 is 0 Å². The second-order valence-electron chi connectivity index (χ2n) is 5.03. The van der Waals surface area contributed by atoms with E-state index in [0.29, 0.717) is 0 Å². The number of piperazine rings is 1. The van der Waals surface area contributed by atoms with Gasteiger partial charge in [-0.15, -0.1) is 0 Å². The van der Waals surface area contributed by atoms with Gasteiger partial charge in [-0.1, -0.05) is 0 Å². The van der Waals surface area contributed by atoms with Crippen molar-refractivity contribution in [3.05, 3.63) is 0 Å². The first-order chi connectivity index (χ1) is 7.97. The van der Waals surface area contributed by atoms with Crippen molar-refractivity contribution in [1.82, 2.24) is 15.1 Å². The third-order valence-electron chi connectivity index (χ3n) is 3.33. The Kier molecular flexibility index (Phi) is 5.36. The van der Waals surface area contributed by atoms with Crippen molar-refractivity contribution in [3.8, 4) is 0 Å². The lowest BCUT2D eigenvalue weighted by molar-refractivity contribution is -0.149. The monoisotopic (exact) mass is 243 g/mol. The van der Waals surface area contributed by atoms with Gasteiger partial charge in [0.2, 0.25) is 0 Å². The van der Waals surface area contributed by atoms with E-state index in [-0.39, 0.29) is 5.91 Å². The van der Waals surface area contributed by atoms with Gasteiger partial charge in [0.25, 0.3) is 5.91 Å². The van der Waals surface area contributed by atoms with Crippen LogP contribution in [-0.4, -0.2) is 74.7 Å². The van der Waals surface area contributed by atoms with E-state index in [4.69, 9.17) is 4.74 Å². The van der Waals surface area contributed by atoms with Gasteiger partial charge in [-0.3, -0.25) is 9.69 Å². The Morgan fingerprint density at radius 3 is 2.53 bits per heavy atom. The molecule has 1 aliphatic heterocycles. The first-order valence-corrected chi connectivity index (χ1v) is 6.21. The number of nitrogens with one attached hydrogen (secondary N) is 1. The average molecular weight is 243 g/mol. The molecule has 0 aromatic rings. The molecule has 1 heterocycles. The second kappa shape index (κ2) is 6.33. The fourth-order valence-corrected chi connectivity index (χ4v) is 1.87. The summed E-state index contributed by atoms with van der Waals surface area (Å²) in [5, 5.41) is 3.32. The number of ether oxygens (including phenoxy) is 1. The van der Waals surface area contributed by atoms with E-state index in [2.05, 4.69) is 10.2 Å². The van der Waals surface area contributed by atoms with Crippen LogP contribution >= 0.6 is 0 Å². The molecular formula is C12H25N3O2. The third kappa shape index (κ3) is 4.26. The van der Waals surface area contributed by atoms with Crippen LogP contribution in [-0.2, 0) is 9.53 Å². The Morgan fingerprint density at radius 2 is 2.00 bits per heavy atom. The summed E-state index contributed by atoms with van der Waals surface area (Å²) < 4.78 is 5.20. The first kappa shape index (κ1) is 14.4. The Morgan fingerprint density at radius 1 is 1.41 bits per heavy atom. The maximum Gasteiger partial charge on any atom is 0.254 e. The molecule has 17 heavy (non-hydrogen) atoms. The minimum atomic E-state index is -0.724. The molecule has 0 aromatic heterocycles. The molecule has 1 fully saturated rings. The van der Waals surface area contributed by atoms with E-state index in [9.17, 15) is 4.79 Å². The number of carbonyl (C=O) groups is 1. The summed E-state index contributed by atoms with van der Waals surface area (Å²) >= 11 is 0. The standard InChI is InChI=1S/C12H25N3O2/c1-12(2,17-4)11(16)14(3)9-10-15-7-5-13-6-8-15/h13H,5-10H2,1-4H3. The summed E-state index contributed by atoms with van der Waals surface area (Å²) in [6, 6.07) is 0. The van der Waals surface area contributed by atoms with Crippen LogP contribution in [0.1, 0.15) is 13.8 Å². The molecule has 0 aromatic carbocycles. The molecule has 1 saturated heterocycles. The molecular weight excluding hydrogens is 218 g/mol. The molecule has 5 nitrogen and oxygen atoms in total. The molecule has 0 spiro atoms. The highest BCUT2D eigenvalue weighted by atomic mass is 16.5. The molecule has 1 rings (SSSR count). The first-order valence-electron chi connectivity index (χ1n) is 6.21. The Hall–Kier alpha value is -0.650. The summed E-state index contributed by atoms with van der Waals surface area (Å²) in [5.74, 6) is 0.0372. The lowest BCUT2D eigenvalue weighted by Gasteiger charge is -2.32. The van der Waals surface area contributed by atoms with Gasteiger partial charge in [0.15, 0.2) is 0 Å². The van der Waals surface area contributed by atoms with Crippen LogP contribution < -0.4 is 5.32 Å². The van der Waals surface area contributed by atoms with Gasteiger partial charge in [0.05, 0.1) is 0 Å². The number of hydrogen-bond acceptors (Lipinski definition) is 4. The fourth-order valence-electron chi connectivity index (χ4n) is 1.87. The van der Waals surface area contributed by atoms with Crippen LogP contribution in [0.3, 0.4) is 0 Å². The maximum absolute atomic E-state index is 12.0. The van der Waals surface area contributed by atoms with Gasteiger partial charge in [-0.25, -0.2) is 0 Å². The molecule has 0 unspecified atom stereocenters. The summed E-state index contributed by atoms with van der Waals surface area (Å²) in [6.45, 7) is 9.51. The fraction of sp³-hybridized carbons (Fsp3) is 0.917. The van der Waals surface area contributed by atoms with Gasteiger partial charge in [-0.2, -0.15) is 0 Å². The number of amides is 1. The molecule has 0 radical (unpaired) electrons. The van der Waals surface area contributed by atoms with Crippen molar-refractivity contribution >= 4 is 5.91 Å². The number of nitrogens with zero attached hydrogens (tertiary/aromatic N) is 2. The topological polar surface area (TPSA) is 44.8 Å². The van der Waals surface area contributed by atoms with Crippen LogP contribution in [0.15, 0.2) is 0 Å². The van der Waals surface area contributed by atoms with E-state index in [0.717, 1.165) is 39.3 Å². The Bertz CT molecular complexity index is 250. The van der Waals surface area contributed by atoms with Crippen molar-refractivity contribution in [2.75, 3.05) is 53.4 Å². The number of likely N-dealkylation sites (N-methyl/N-ethyl adjacent to an activating group) is 1. The zero-order chi connectivity index (χ0) is 12.9. The van der Waals surface area contributed by atoms with E-state index in [1.807, 2.05) is 7.05 Å². The van der Waals surface area contributed by atoms with Crippen LogP contribution in [0.25, 0.3) is 0 Å². The molecule has 1 amide bonds. The highest BCUT2D eigenvalue weighted by Gasteiger charge is 2.30. The molecule has 0 atom stereocenters. The van der Waals surface area contributed by atoms with E-state index >= 15 is 0 Å². The van der Waals surface area contributed by atoms with Crippen molar-refractivity contribution < 1.29 is 9.53 Å². The Balaban J connectivity index is 2.33. The summed E-state index contributed by atoms with van der Waals surface area (Å²) in [5.41, 5.74) is -0.724. The van der Waals surface area contributed by atoms with Gasteiger partial charge in [0.1, 0.15) is 5.60 Å². The number of carbonyl (C=O) groups excluding carboxylic acids is 1. The lowest BCUT2D eigenvalue weighted by atomic mass is 10.1. The maximum atomic E-state index is 12.0. The van der Waals surface area contributed by atoms with Crippen molar-refractivity contribution in [3.63, 3.8) is 0 Å². The van der Waals surface area contributed by atoms with Crippen molar-refractivity contribution in [1.29, 1.82) is 0 Å². The molecule has 0 saturated carbocycles. The normalized spacial score (nSPS) is 18.1. The molecule has 0 aliphatic carbocycles. The summed E-state index contributed by atoms with van der Waals surface area (Å²) in [7, 11) is 3.41. The average Bonchev–Trinajstić information content (AvgIpc) is 2.36. The van der Waals surface area contributed by atoms with Crippen LogP contribution in [0.2, 0.25) is 0 Å². The zero-order valence-electron chi connectivity index (χ0n) is 11.5. The van der Waals surface area contributed by atoms with Crippen LogP contribution in [0.5, 0.6) is 0 Å². The van der Waals surface area contributed by atoms with Crippen molar-refractivity contribution in [2.45, 2.75) is 19.4 Å². The number of hydrogen-bond donors (Lipinski definition) is 1. The SMILES string of the molecule is COC(C)(C)C(=O)N(C)CCN1CCNCC1. The van der Waals surface area contributed by atoms with E-state index in [1.165, 1.54) is 0 Å². The third-order valence-corrected chi connectivity index (χ3v) is 3.33. The number of methoxy groups -OCH3 is 1. The highest BCUT2D eigenvalue weighted by molar-refractivity contribution is 5.84. The van der Waals surface area contributed by atoms with E-state index in [1.54, 1.807) is 25.9 Å². The predicted octanol–water partition coefficient (Wildman–Crippen LogP) is -0.225. The van der Waals surface area contributed by atoms with Crippen molar-refractivity contribution in [2.24, 2.45) is 0 Å². The highest BCUT2D eigenvalue weighted by Crippen LogP contribution is 2.11. The van der Waals surface area contributed by atoms with E-state index < -0.39 is 5.60 Å². The summed E-state index contributed by atoms with van der Waals surface area (Å²) in [6.07, 6.45) is 0. The molecule has 100 valence electrons. The lowest BCUT2D eigenvalue weighted by Crippen LogP contribution is -2.49. The molecule has 1 aliphatic rings. The number of rotatable bonds is 5. The smallest absolute Gasteiger partial charge is 0.254 e. The quantitative estimate of drug-likeness (QED) is 0.725. The van der Waals surface area contributed by atoms with Crippen LogP contribution in [0, 0.1) is 0 Å². The second-order valence-corrected chi connectivity index (χ2v) is 5.03. The van der Waals surface area contributed by atoms with Gasteiger partial charge in [-0.05, 0) is 13.8 Å². The predicted molar refractivity (Wildman–Crippen MR) is 68.0 cm³/mol. The minimum absolute atomic E-state index is 0.0372. The minimum Gasteiger partial charge on any atom is -0.369 e.